The van der Waals surface area contributed by atoms with Crippen LogP contribution in [-0.4, -0.2) is 23.9 Å². The van der Waals surface area contributed by atoms with Gasteiger partial charge in [0.25, 0.3) is 0 Å². The monoisotopic (exact) mass is 303 g/mol. The molecule has 5 rings (SSSR count). The van der Waals surface area contributed by atoms with Gasteiger partial charge in [-0.05, 0) is 68.1 Å². The Morgan fingerprint density at radius 1 is 0.909 bits per heavy atom. The van der Waals surface area contributed by atoms with E-state index in [-0.39, 0.29) is 5.41 Å². The zero-order valence-electron chi connectivity index (χ0n) is 14.8. The van der Waals surface area contributed by atoms with Gasteiger partial charge in [0.1, 0.15) is 0 Å². The highest BCUT2D eigenvalue weighted by Crippen LogP contribution is 2.69. The molecule has 1 amide bonds. The van der Waals surface area contributed by atoms with Crippen LogP contribution in [0.3, 0.4) is 0 Å². The van der Waals surface area contributed by atoms with E-state index in [2.05, 4.69) is 25.8 Å². The van der Waals surface area contributed by atoms with Crippen LogP contribution in [0.25, 0.3) is 0 Å². The highest BCUT2D eigenvalue weighted by Gasteiger charge is 2.63. The Bertz CT molecular complexity index is 460. The molecule has 0 radical (unpaired) electrons. The molecule has 0 aromatic carbocycles. The van der Waals surface area contributed by atoms with Gasteiger partial charge in [0.15, 0.2) is 0 Å². The maximum atomic E-state index is 13.5. The molecule has 2 nitrogen and oxygen atoms in total. The molecule has 5 aliphatic carbocycles. The summed E-state index contributed by atoms with van der Waals surface area (Å²) in [7, 11) is 2.11. The topological polar surface area (TPSA) is 20.3 Å². The summed E-state index contributed by atoms with van der Waals surface area (Å²) >= 11 is 0. The summed E-state index contributed by atoms with van der Waals surface area (Å²) in [6, 6.07) is 0.523. The van der Waals surface area contributed by atoms with Crippen LogP contribution in [0.5, 0.6) is 0 Å². The van der Waals surface area contributed by atoms with Gasteiger partial charge in [-0.3, -0.25) is 4.79 Å². The standard InChI is InChI=1S/C20H33NO/c1-18-9-15-10-19(2,12-18)14-20(11-15,13-18)17(22)21(3)16-7-5-4-6-8-16/h15-16H,4-14H2,1-3H3. The Labute approximate surface area is 136 Å². The largest absolute Gasteiger partial charge is 0.342 e. The molecule has 5 saturated carbocycles. The summed E-state index contributed by atoms with van der Waals surface area (Å²) in [6.07, 6.45) is 14.1. The SMILES string of the molecule is CN(C(=O)C12CC3CC(C)(CC(C)(C3)C1)C2)C1CCCCC1. The Morgan fingerprint density at radius 3 is 2.05 bits per heavy atom. The number of nitrogens with zero attached hydrogens (tertiary/aromatic N) is 1. The van der Waals surface area contributed by atoms with Gasteiger partial charge < -0.3 is 4.90 Å². The fourth-order valence-corrected chi connectivity index (χ4v) is 7.69. The summed E-state index contributed by atoms with van der Waals surface area (Å²) in [4.78, 5) is 15.7. The van der Waals surface area contributed by atoms with E-state index in [1.54, 1.807) is 0 Å². The summed E-state index contributed by atoms with van der Waals surface area (Å²) in [5.41, 5.74) is 0.879. The van der Waals surface area contributed by atoms with Crippen molar-refractivity contribution in [3.8, 4) is 0 Å². The van der Waals surface area contributed by atoms with Gasteiger partial charge in [-0.25, -0.2) is 0 Å². The van der Waals surface area contributed by atoms with Crippen LogP contribution in [-0.2, 0) is 4.79 Å². The van der Waals surface area contributed by atoms with Crippen molar-refractivity contribution in [1.82, 2.24) is 4.90 Å². The second kappa shape index (κ2) is 4.74. The van der Waals surface area contributed by atoms with E-state index in [1.165, 1.54) is 70.6 Å². The van der Waals surface area contributed by atoms with Gasteiger partial charge in [0.2, 0.25) is 5.91 Å². The molecule has 5 aliphatic rings. The van der Waals surface area contributed by atoms with Crippen LogP contribution >= 0.6 is 0 Å². The molecule has 0 saturated heterocycles. The summed E-state index contributed by atoms with van der Waals surface area (Å²) in [6.45, 7) is 4.94. The van der Waals surface area contributed by atoms with Gasteiger partial charge in [-0.2, -0.15) is 0 Å². The van der Waals surface area contributed by atoms with Gasteiger partial charge in [-0.15, -0.1) is 0 Å². The van der Waals surface area contributed by atoms with E-state index in [4.69, 9.17) is 0 Å². The highest BCUT2D eigenvalue weighted by molar-refractivity contribution is 5.83. The summed E-state index contributed by atoms with van der Waals surface area (Å²) in [5, 5.41) is 0. The minimum absolute atomic E-state index is 0.00485. The normalized spacial score (nSPS) is 47.7. The van der Waals surface area contributed by atoms with Crippen LogP contribution in [0, 0.1) is 22.2 Å². The third kappa shape index (κ3) is 2.24. The predicted molar refractivity (Wildman–Crippen MR) is 89.5 cm³/mol. The Kier molecular flexibility index (Phi) is 3.24. The fourth-order valence-electron chi connectivity index (χ4n) is 7.69. The second-order valence-electron chi connectivity index (χ2n) is 10.1. The van der Waals surface area contributed by atoms with Crippen LogP contribution in [0.1, 0.15) is 84.5 Å². The molecule has 0 aromatic heterocycles. The maximum Gasteiger partial charge on any atom is 0.228 e. The average Bonchev–Trinajstić information content (AvgIpc) is 2.43. The molecule has 0 aliphatic heterocycles. The van der Waals surface area contributed by atoms with Gasteiger partial charge in [0.05, 0.1) is 5.41 Å². The van der Waals surface area contributed by atoms with Crippen LogP contribution in [0.2, 0.25) is 0 Å². The molecule has 0 heterocycles. The minimum Gasteiger partial charge on any atom is -0.342 e. The number of hydrogen-bond acceptors (Lipinski definition) is 1. The molecule has 2 heteroatoms. The van der Waals surface area contributed by atoms with Crippen molar-refractivity contribution in [3.63, 3.8) is 0 Å². The van der Waals surface area contributed by atoms with Crippen molar-refractivity contribution in [1.29, 1.82) is 0 Å². The number of hydrogen-bond donors (Lipinski definition) is 0. The molecule has 22 heavy (non-hydrogen) atoms. The van der Waals surface area contributed by atoms with Crippen molar-refractivity contribution < 1.29 is 4.79 Å². The lowest BCUT2D eigenvalue weighted by Gasteiger charge is -2.65. The third-order valence-electron chi connectivity index (χ3n) is 7.52. The number of carbonyl (C=O) groups excluding carboxylic acids is 1. The first-order chi connectivity index (χ1) is 10.3. The fraction of sp³-hybridized carbons (Fsp3) is 0.950. The summed E-state index contributed by atoms with van der Waals surface area (Å²) < 4.78 is 0. The van der Waals surface area contributed by atoms with Crippen LogP contribution in [0.4, 0.5) is 0 Å². The molecule has 2 unspecified atom stereocenters. The zero-order chi connectivity index (χ0) is 15.6. The Hall–Kier alpha value is -0.530. The molecule has 0 aromatic rings. The number of amides is 1. The molecule has 0 spiro atoms. The molecule has 5 fully saturated rings. The molecule has 4 bridgehead atoms. The number of carbonyl (C=O) groups is 1. The summed E-state index contributed by atoms with van der Waals surface area (Å²) in [5.74, 6) is 1.33. The minimum atomic E-state index is -0.00485. The zero-order valence-corrected chi connectivity index (χ0v) is 14.8. The molecular weight excluding hydrogens is 270 g/mol. The van der Waals surface area contributed by atoms with E-state index in [0.717, 1.165) is 5.92 Å². The van der Waals surface area contributed by atoms with Gasteiger partial charge in [0, 0.05) is 13.1 Å². The van der Waals surface area contributed by atoms with Crippen molar-refractivity contribution in [3.05, 3.63) is 0 Å². The van der Waals surface area contributed by atoms with Crippen molar-refractivity contribution in [2.24, 2.45) is 22.2 Å². The first-order valence-corrected chi connectivity index (χ1v) is 9.61. The lowest BCUT2D eigenvalue weighted by molar-refractivity contribution is -0.180. The van der Waals surface area contributed by atoms with E-state index in [0.29, 0.717) is 22.8 Å². The Morgan fingerprint density at radius 2 is 1.50 bits per heavy atom. The van der Waals surface area contributed by atoms with Crippen molar-refractivity contribution in [2.45, 2.75) is 90.5 Å². The predicted octanol–water partition coefficient (Wildman–Crippen LogP) is 4.77. The average molecular weight is 303 g/mol. The number of rotatable bonds is 2. The molecule has 0 N–H and O–H groups in total. The van der Waals surface area contributed by atoms with Gasteiger partial charge >= 0.3 is 0 Å². The highest BCUT2D eigenvalue weighted by atomic mass is 16.2. The maximum absolute atomic E-state index is 13.5. The van der Waals surface area contributed by atoms with Crippen LogP contribution < -0.4 is 0 Å². The van der Waals surface area contributed by atoms with Gasteiger partial charge in [-0.1, -0.05) is 33.1 Å². The molecular formula is C20H33NO. The van der Waals surface area contributed by atoms with E-state index < -0.39 is 0 Å². The molecule has 124 valence electrons. The first kappa shape index (κ1) is 15.0. The van der Waals surface area contributed by atoms with Crippen LogP contribution in [0.15, 0.2) is 0 Å². The third-order valence-corrected chi connectivity index (χ3v) is 7.52. The van der Waals surface area contributed by atoms with Crippen molar-refractivity contribution >= 4 is 5.91 Å². The first-order valence-electron chi connectivity index (χ1n) is 9.61. The van der Waals surface area contributed by atoms with Crippen molar-refractivity contribution in [2.75, 3.05) is 7.05 Å². The van der Waals surface area contributed by atoms with E-state index in [1.807, 2.05) is 0 Å². The quantitative estimate of drug-likeness (QED) is 0.719. The lowest BCUT2D eigenvalue weighted by atomic mass is 9.40. The molecule has 2 atom stereocenters. The second-order valence-corrected chi connectivity index (χ2v) is 10.1. The lowest BCUT2D eigenvalue weighted by Crippen LogP contribution is -2.61. The smallest absolute Gasteiger partial charge is 0.228 e. The van der Waals surface area contributed by atoms with E-state index >= 15 is 0 Å². The van der Waals surface area contributed by atoms with E-state index in [9.17, 15) is 4.79 Å². The Balaban J connectivity index is 1.59.